The molecule has 0 heterocycles. The van der Waals surface area contributed by atoms with Crippen molar-refractivity contribution in [2.75, 3.05) is 5.75 Å². The molecule has 0 aliphatic heterocycles. The first-order valence-electron chi connectivity index (χ1n) is 5.45. The average Bonchev–Trinajstić information content (AvgIpc) is 2.42. The second-order valence-electron chi connectivity index (χ2n) is 4.31. The molecule has 0 bridgehead atoms. The van der Waals surface area contributed by atoms with Crippen LogP contribution in [-0.2, 0) is 4.79 Å². The van der Waals surface area contributed by atoms with Crippen LogP contribution in [0, 0.1) is 0 Å². The van der Waals surface area contributed by atoms with Gasteiger partial charge < -0.3 is 0 Å². The van der Waals surface area contributed by atoms with Crippen LogP contribution in [0.5, 0.6) is 0 Å². The fraction of sp³-hybridized carbons (Fsp3) is 0.700. The van der Waals surface area contributed by atoms with Crippen LogP contribution in [0.3, 0.4) is 0 Å². The van der Waals surface area contributed by atoms with Gasteiger partial charge in [0.15, 0.2) is 0 Å². The van der Waals surface area contributed by atoms with Crippen molar-refractivity contribution in [1.29, 1.82) is 0 Å². The number of alkyl halides is 13. The zero-order valence-corrected chi connectivity index (χ0v) is 12.0. The van der Waals surface area contributed by atoms with Crippen LogP contribution < -0.4 is 0 Å². The third-order valence-electron chi connectivity index (χ3n) is 2.56. The van der Waals surface area contributed by atoms with Gasteiger partial charge in [0, 0.05) is 0 Å². The molecule has 0 N–H and O–H groups in total. The van der Waals surface area contributed by atoms with Crippen molar-refractivity contribution in [1.82, 2.24) is 0 Å². The zero-order chi connectivity index (χ0) is 20.7. The second kappa shape index (κ2) is 6.54. The number of carbonyl (C=O) groups excluding carboxylic acids is 1. The zero-order valence-electron chi connectivity index (χ0n) is 11.2. The molecule has 0 saturated carbocycles. The maximum Gasteiger partial charge on any atom is 0.460 e. The summed E-state index contributed by atoms with van der Waals surface area (Å²) in [7, 11) is 0. The van der Waals surface area contributed by atoms with E-state index in [1.807, 2.05) is 0 Å². The Morgan fingerprint density at radius 2 is 1.08 bits per heavy atom. The molecule has 0 aromatic rings. The van der Waals surface area contributed by atoms with Crippen LogP contribution >= 0.6 is 11.8 Å². The van der Waals surface area contributed by atoms with Gasteiger partial charge in [0.25, 0.3) is 0 Å². The fourth-order valence-electron chi connectivity index (χ4n) is 1.11. The Kier molecular flexibility index (Phi) is 6.24. The molecule has 148 valence electrons. The summed E-state index contributed by atoms with van der Waals surface area (Å²) in [5, 5.41) is -1.51. The van der Waals surface area contributed by atoms with Crippen LogP contribution in [0.4, 0.5) is 57.1 Å². The van der Waals surface area contributed by atoms with Crippen molar-refractivity contribution < 1.29 is 61.9 Å². The minimum absolute atomic E-state index is 0.240. The van der Waals surface area contributed by atoms with E-state index in [0.717, 1.165) is 0 Å². The maximum atomic E-state index is 13.1. The predicted octanol–water partition coefficient (Wildman–Crippen LogP) is 5.17. The minimum atomic E-state index is -7.93. The van der Waals surface area contributed by atoms with Crippen LogP contribution in [0.25, 0.3) is 0 Å². The van der Waals surface area contributed by atoms with E-state index < -0.39 is 58.4 Å². The normalized spacial score (nSPS) is 15.2. The van der Waals surface area contributed by atoms with Crippen molar-refractivity contribution >= 4 is 16.9 Å². The lowest BCUT2D eigenvalue weighted by Crippen LogP contribution is -2.70. The fourth-order valence-corrected chi connectivity index (χ4v) is 1.74. The van der Waals surface area contributed by atoms with E-state index in [1.54, 1.807) is 0 Å². The molecule has 1 nitrogen and oxygen atoms in total. The first kappa shape index (κ1) is 23.8. The van der Waals surface area contributed by atoms with Gasteiger partial charge in [-0.1, -0.05) is 18.3 Å². The van der Waals surface area contributed by atoms with E-state index in [0.29, 0.717) is 0 Å². The lowest BCUT2D eigenvalue weighted by atomic mass is 9.94. The Labute approximate surface area is 134 Å². The third kappa shape index (κ3) is 3.69. The Hall–Kier alpha value is -1.15. The van der Waals surface area contributed by atoms with E-state index in [1.165, 1.54) is 0 Å². The standard InChI is InChI=1S/C10H5F13OS/c1-2-4(24)25-3-5(11,12)6(13,14)7(15,16)8(17,18)9(19,20)10(21,22)23/h2H,1,3H2. The summed E-state index contributed by atoms with van der Waals surface area (Å²) in [6.07, 6.45) is -7.21. The highest BCUT2D eigenvalue weighted by Crippen LogP contribution is 2.60. The van der Waals surface area contributed by atoms with Crippen molar-refractivity contribution in [2.24, 2.45) is 0 Å². The molecule has 0 rings (SSSR count). The summed E-state index contributed by atoms with van der Waals surface area (Å²) < 4.78 is 165. The lowest BCUT2D eigenvalue weighted by molar-refractivity contribution is -0.438. The van der Waals surface area contributed by atoms with Crippen LogP contribution in [0.1, 0.15) is 0 Å². The van der Waals surface area contributed by atoms with E-state index in [9.17, 15) is 61.9 Å². The van der Waals surface area contributed by atoms with Gasteiger partial charge in [0.2, 0.25) is 5.12 Å². The Balaban J connectivity index is 6.02. The first-order valence-corrected chi connectivity index (χ1v) is 6.44. The van der Waals surface area contributed by atoms with Gasteiger partial charge in [-0.3, -0.25) is 4.79 Å². The quantitative estimate of drug-likeness (QED) is 0.418. The second-order valence-corrected chi connectivity index (χ2v) is 5.29. The van der Waals surface area contributed by atoms with E-state index >= 15 is 0 Å². The molecule has 0 radical (unpaired) electrons. The summed E-state index contributed by atoms with van der Waals surface area (Å²) in [4.78, 5) is 10.6. The Morgan fingerprint density at radius 1 is 0.720 bits per heavy atom. The number of thioether (sulfide) groups is 1. The van der Waals surface area contributed by atoms with E-state index in [4.69, 9.17) is 0 Å². The summed E-state index contributed by atoms with van der Waals surface area (Å²) in [5.41, 5.74) is 0. The highest BCUT2D eigenvalue weighted by molar-refractivity contribution is 8.14. The van der Waals surface area contributed by atoms with E-state index in [-0.39, 0.29) is 6.08 Å². The van der Waals surface area contributed by atoms with Crippen LogP contribution in [0.2, 0.25) is 0 Å². The molecule has 0 fully saturated rings. The van der Waals surface area contributed by atoms with Crippen molar-refractivity contribution in [3.05, 3.63) is 12.7 Å². The summed E-state index contributed by atoms with van der Waals surface area (Å²) in [5.74, 6) is -39.8. The predicted molar refractivity (Wildman–Crippen MR) is 58.5 cm³/mol. The molecule has 0 spiro atoms. The van der Waals surface area contributed by atoms with E-state index in [2.05, 4.69) is 6.58 Å². The molecule has 0 aliphatic rings. The Morgan fingerprint density at radius 3 is 1.40 bits per heavy atom. The summed E-state index contributed by atoms with van der Waals surface area (Å²) >= 11 is -0.825. The van der Waals surface area contributed by atoms with Crippen molar-refractivity contribution in [2.45, 2.75) is 35.8 Å². The molecule has 25 heavy (non-hydrogen) atoms. The number of hydrogen-bond donors (Lipinski definition) is 0. The highest BCUT2D eigenvalue weighted by atomic mass is 32.2. The summed E-state index contributed by atoms with van der Waals surface area (Å²) in [6.45, 7) is 2.68. The molecular formula is C10H5F13OS. The highest BCUT2D eigenvalue weighted by Gasteiger charge is 2.90. The molecule has 15 heteroatoms. The molecular weight excluding hydrogens is 415 g/mol. The largest absolute Gasteiger partial charge is 0.460 e. The van der Waals surface area contributed by atoms with Gasteiger partial charge in [-0.15, -0.1) is 0 Å². The van der Waals surface area contributed by atoms with Crippen molar-refractivity contribution in [3.8, 4) is 0 Å². The Bertz CT molecular complexity index is 521. The average molecular weight is 420 g/mol. The topological polar surface area (TPSA) is 17.1 Å². The van der Waals surface area contributed by atoms with Gasteiger partial charge in [-0.05, 0) is 6.08 Å². The smallest absolute Gasteiger partial charge is 0.282 e. The molecule has 0 saturated heterocycles. The number of rotatable bonds is 7. The first-order chi connectivity index (χ1) is 10.7. The van der Waals surface area contributed by atoms with Crippen LogP contribution in [0.15, 0.2) is 12.7 Å². The molecule has 0 atom stereocenters. The molecule has 0 aromatic heterocycles. The lowest BCUT2D eigenvalue weighted by Gasteiger charge is -2.39. The summed E-state index contributed by atoms with van der Waals surface area (Å²) in [6, 6.07) is 0. The van der Waals surface area contributed by atoms with Gasteiger partial charge in [0.05, 0.1) is 5.75 Å². The molecule has 0 aromatic carbocycles. The molecule has 0 amide bonds. The third-order valence-corrected chi connectivity index (χ3v) is 3.52. The van der Waals surface area contributed by atoms with Gasteiger partial charge in [-0.2, -0.15) is 57.1 Å². The van der Waals surface area contributed by atoms with Gasteiger partial charge in [-0.25, -0.2) is 0 Å². The van der Waals surface area contributed by atoms with Gasteiger partial charge in [0.1, 0.15) is 0 Å². The monoisotopic (exact) mass is 420 g/mol. The maximum absolute atomic E-state index is 13.1. The minimum Gasteiger partial charge on any atom is -0.282 e. The SMILES string of the molecule is C=CC(=O)SCC(F)(F)C(F)(F)C(F)(F)C(F)(F)C(F)(F)C(F)(F)F. The number of carbonyl (C=O) groups is 1. The van der Waals surface area contributed by atoms with Crippen molar-refractivity contribution in [3.63, 3.8) is 0 Å². The number of hydrogen-bond acceptors (Lipinski definition) is 2. The molecule has 0 aliphatic carbocycles. The number of halogens is 13. The van der Waals surface area contributed by atoms with Crippen LogP contribution in [-0.4, -0.2) is 46.7 Å². The molecule has 0 unspecified atom stereocenters. The van der Waals surface area contributed by atoms with Gasteiger partial charge >= 0.3 is 35.8 Å².